The van der Waals surface area contributed by atoms with Gasteiger partial charge in [-0.3, -0.25) is 0 Å². The number of hydrogen-bond donors (Lipinski definition) is 1. The molecule has 0 saturated carbocycles. The molecular weight excluding hydrogens is 408 g/mol. The van der Waals surface area contributed by atoms with Gasteiger partial charge in [0, 0.05) is 0 Å². The van der Waals surface area contributed by atoms with Gasteiger partial charge in [0.15, 0.2) is 0 Å². The van der Waals surface area contributed by atoms with E-state index in [1.165, 1.54) is 57.1 Å². The van der Waals surface area contributed by atoms with Crippen LogP contribution in [0.5, 0.6) is 0 Å². The number of para-hydroxylation sites is 1. The zero-order valence-corrected chi connectivity index (χ0v) is 20.7. The molecule has 0 radical (unpaired) electrons. The van der Waals surface area contributed by atoms with E-state index in [1.54, 1.807) is 0 Å². The summed E-state index contributed by atoms with van der Waals surface area (Å²) >= 11 is 0. The highest BCUT2D eigenvalue weighted by atomic mass is 16.5. The van der Waals surface area contributed by atoms with Gasteiger partial charge in [-0.2, -0.15) is 0 Å². The maximum atomic E-state index is 12.3. The first-order chi connectivity index (χ1) is 16.2. The maximum absolute atomic E-state index is 12.3. The lowest BCUT2D eigenvalue weighted by Crippen LogP contribution is -2.14. The third kappa shape index (κ3) is 11.2. The Kier molecular flexibility index (Phi) is 13.7. The van der Waals surface area contributed by atoms with Crippen molar-refractivity contribution in [3.63, 3.8) is 0 Å². The Morgan fingerprint density at radius 2 is 1.39 bits per heavy atom. The van der Waals surface area contributed by atoms with Crippen LogP contribution in [-0.2, 0) is 4.74 Å². The number of benzene rings is 2. The topological polar surface area (TPSA) is 41.3 Å². The van der Waals surface area contributed by atoms with E-state index < -0.39 is 0 Å². The largest absolute Gasteiger partial charge is 0.462 e. The molecular formula is C29H43N2O2+. The Morgan fingerprint density at radius 1 is 0.788 bits per heavy atom. The van der Waals surface area contributed by atoms with Gasteiger partial charge in [-0.05, 0) is 55.7 Å². The molecule has 0 spiro atoms. The zero-order chi connectivity index (χ0) is 23.6. The highest BCUT2D eigenvalue weighted by Gasteiger charge is 2.09. The van der Waals surface area contributed by atoms with Crippen molar-refractivity contribution in [3.05, 3.63) is 60.2 Å². The molecule has 0 fully saturated rings. The summed E-state index contributed by atoms with van der Waals surface area (Å²) in [7, 11) is 0. The van der Waals surface area contributed by atoms with Crippen LogP contribution in [0.3, 0.4) is 0 Å². The number of anilines is 1. The molecule has 2 rings (SSSR count). The van der Waals surface area contributed by atoms with Gasteiger partial charge < -0.3 is 4.74 Å². The Bertz CT molecular complexity index is 800. The van der Waals surface area contributed by atoms with Crippen molar-refractivity contribution >= 4 is 23.7 Å². The van der Waals surface area contributed by atoms with Gasteiger partial charge in [0.25, 0.3) is 0 Å². The second kappa shape index (κ2) is 16.9. The third-order valence-corrected chi connectivity index (χ3v) is 5.83. The summed E-state index contributed by atoms with van der Waals surface area (Å²) in [6.07, 6.45) is 15.5. The monoisotopic (exact) mass is 451 g/mol. The van der Waals surface area contributed by atoms with Crippen molar-refractivity contribution < 1.29 is 14.1 Å². The van der Waals surface area contributed by atoms with Crippen LogP contribution in [0.15, 0.2) is 54.6 Å². The van der Waals surface area contributed by atoms with Crippen LogP contribution in [0.1, 0.15) is 94.8 Å². The first kappa shape index (κ1) is 26.6. The quantitative estimate of drug-likeness (QED) is 0.0872. The molecule has 4 nitrogen and oxygen atoms in total. The van der Waals surface area contributed by atoms with E-state index >= 15 is 0 Å². The van der Waals surface area contributed by atoms with E-state index in [-0.39, 0.29) is 5.97 Å². The van der Waals surface area contributed by atoms with Crippen molar-refractivity contribution in [1.29, 1.82) is 0 Å². The van der Waals surface area contributed by atoms with E-state index in [4.69, 9.17) is 4.74 Å². The number of esters is 1. The molecule has 0 amide bonds. The number of unbranched alkanes of at least 4 members (excludes halogenated alkanes) is 9. The molecule has 0 heterocycles. The number of carbonyl (C=O) groups excluding carboxylic acids is 1. The molecule has 0 aromatic heterocycles. The molecule has 0 bridgehead atoms. The van der Waals surface area contributed by atoms with Gasteiger partial charge in [-0.1, -0.05) is 83.4 Å². The Morgan fingerprint density at radius 3 is 2.06 bits per heavy atom. The number of nitrogens with one attached hydrogen (secondary N) is 1. The predicted octanol–water partition coefficient (Wildman–Crippen LogP) is 7.96. The smallest absolute Gasteiger partial charge is 0.338 e. The van der Waals surface area contributed by atoms with E-state index in [1.807, 2.05) is 36.7 Å². The molecule has 0 aliphatic carbocycles. The second-order valence-corrected chi connectivity index (χ2v) is 8.70. The van der Waals surface area contributed by atoms with Gasteiger partial charge in [0.05, 0.1) is 18.7 Å². The first-order valence-electron chi connectivity index (χ1n) is 12.9. The minimum absolute atomic E-state index is 0.237. The highest BCUT2D eigenvalue weighted by molar-refractivity contribution is 5.90. The van der Waals surface area contributed by atoms with Crippen LogP contribution in [0.25, 0.3) is 0 Å². The molecule has 0 aliphatic heterocycles. The summed E-state index contributed by atoms with van der Waals surface area (Å²) < 4.78 is 7.69. The SMILES string of the molecule is CCCCCCCCCCOC(=O)c1ccc(NC=[N+](CCCCC)c2ccccc2)cc1. The summed E-state index contributed by atoms with van der Waals surface area (Å²) in [5.74, 6) is -0.237. The number of rotatable bonds is 17. The summed E-state index contributed by atoms with van der Waals surface area (Å²) in [5.41, 5.74) is 2.72. The first-order valence-corrected chi connectivity index (χ1v) is 12.9. The van der Waals surface area contributed by atoms with Crippen molar-refractivity contribution in [2.45, 2.75) is 84.5 Å². The third-order valence-electron chi connectivity index (χ3n) is 5.83. The van der Waals surface area contributed by atoms with Gasteiger partial charge >= 0.3 is 5.97 Å². The molecule has 0 saturated heterocycles. The van der Waals surface area contributed by atoms with Gasteiger partial charge in [0.1, 0.15) is 11.4 Å². The molecule has 1 N–H and O–H groups in total. The Labute approximate surface area is 201 Å². The number of nitrogens with zero attached hydrogens (tertiary/aromatic N) is 1. The summed E-state index contributed by atoms with van der Waals surface area (Å²) in [5, 5.41) is 3.37. The zero-order valence-electron chi connectivity index (χ0n) is 20.7. The van der Waals surface area contributed by atoms with Crippen LogP contribution < -0.4 is 5.32 Å². The lowest BCUT2D eigenvalue weighted by Gasteiger charge is -2.07. The average molecular weight is 452 g/mol. The normalized spacial score (nSPS) is 11.4. The molecule has 0 atom stereocenters. The number of carbonyl (C=O) groups is 1. The molecule has 2 aromatic carbocycles. The van der Waals surface area contributed by atoms with Crippen LogP contribution in [0.4, 0.5) is 11.4 Å². The number of hydrogen-bond acceptors (Lipinski definition) is 2. The van der Waals surface area contributed by atoms with Crippen LogP contribution in [0, 0.1) is 0 Å². The fraction of sp³-hybridized carbons (Fsp3) is 0.517. The fourth-order valence-corrected chi connectivity index (χ4v) is 3.76. The van der Waals surface area contributed by atoms with E-state index in [2.05, 4.69) is 48.0 Å². The van der Waals surface area contributed by atoms with Crippen molar-refractivity contribution in [3.8, 4) is 0 Å². The van der Waals surface area contributed by atoms with E-state index in [0.29, 0.717) is 12.2 Å². The van der Waals surface area contributed by atoms with Crippen LogP contribution in [0.2, 0.25) is 0 Å². The predicted molar refractivity (Wildman–Crippen MR) is 140 cm³/mol. The van der Waals surface area contributed by atoms with Gasteiger partial charge in [-0.15, -0.1) is 0 Å². The van der Waals surface area contributed by atoms with Crippen molar-refractivity contribution in [2.75, 3.05) is 18.5 Å². The van der Waals surface area contributed by atoms with Gasteiger partial charge in [0.2, 0.25) is 6.34 Å². The Hall–Kier alpha value is -2.62. The molecule has 4 heteroatoms. The molecule has 2 aromatic rings. The highest BCUT2D eigenvalue weighted by Crippen LogP contribution is 2.14. The van der Waals surface area contributed by atoms with Crippen LogP contribution >= 0.6 is 0 Å². The molecule has 0 aliphatic rings. The summed E-state index contributed by atoms with van der Waals surface area (Å²) in [6, 6.07) is 17.9. The fourth-order valence-electron chi connectivity index (χ4n) is 3.76. The lowest BCUT2D eigenvalue weighted by atomic mass is 10.1. The molecule has 0 unspecified atom stereocenters. The standard InChI is InChI=1S/C29H42N2O2/c1-3-5-7-8-9-10-11-16-24-33-29(32)26-19-21-27(22-20-26)30-25-31(23-15-6-4-2)28-17-13-12-14-18-28/h12-14,17-22,25H,3-11,15-16,23-24H2,1-2H3/p+1. The minimum Gasteiger partial charge on any atom is -0.462 e. The maximum Gasteiger partial charge on any atom is 0.338 e. The van der Waals surface area contributed by atoms with Crippen LogP contribution in [-0.4, -0.2) is 30.0 Å². The van der Waals surface area contributed by atoms with E-state index in [9.17, 15) is 4.79 Å². The second-order valence-electron chi connectivity index (χ2n) is 8.70. The molecule has 180 valence electrons. The van der Waals surface area contributed by atoms with Crippen molar-refractivity contribution in [1.82, 2.24) is 0 Å². The van der Waals surface area contributed by atoms with Gasteiger partial charge in [-0.25, -0.2) is 14.7 Å². The average Bonchev–Trinajstić information content (AvgIpc) is 2.86. The lowest BCUT2D eigenvalue weighted by molar-refractivity contribution is -0.436. The Balaban J connectivity index is 1.76. The molecule has 33 heavy (non-hydrogen) atoms. The summed E-state index contributed by atoms with van der Waals surface area (Å²) in [4.78, 5) is 12.3. The minimum atomic E-state index is -0.237. The van der Waals surface area contributed by atoms with Crippen molar-refractivity contribution in [2.24, 2.45) is 0 Å². The number of ether oxygens (including phenoxy) is 1. The van der Waals surface area contributed by atoms with E-state index in [0.717, 1.165) is 31.5 Å². The summed E-state index contributed by atoms with van der Waals surface area (Å²) in [6.45, 7) is 5.93.